The summed E-state index contributed by atoms with van der Waals surface area (Å²) in [7, 11) is 0. The van der Waals surface area contributed by atoms with Gasteiger partial charge in [0, 0.05) is 11.7 Å². The number of hydrogen-bond donors (Lipinski definition) is 1. The summed E-state index contributed by atoms with van der Waals surface area (Å²) in [5, 5.41) is 0.870. The SMILES string of the molecule is CCC(N)=NC1CCC(SC)CC1. The van der Waals surface area contributed by atoms with Crippen LogP contribution in [0, 0.1) is 0 Å². The lowest BCUT2D eigenvalue weighted by molar-refractivity contribution is 0.452. The topological polar surface area (TPSA) is 38.4 Å². The van der Waals surface area contributed by atoms with Crippen LogP contribution in [0.2, 0.25) is 0 Å². The minimum Gasteiger partial charge on any atom is -0.387 e. The van der Waals surface area contributed by atoms with E-state index in [1.165, 1.54) is 25.7 Å². The fraction of sp³-hybridized carbons (Fsp3) is 0.900. The Kier molecular flexibility index (Phi) is 4.64. The standard InChI is InChI=1S/C10H20N2S/c1-3-10(11)12-8-4-6-9(13-2)7-5-8/h8-9H,3-7H2,1-2H3,(H2,11,12). The molecule has 0 unspecified atom stereocenters. The van der Waals surface area contributed by atoms with Gasteiger partial charge in [-0.05, 0) is 31.9 Å². The van der Waals surface area contributed by atoms with E-state index in [0.29, 0.717) is 6.04 Å². The summed E-state index contributed by atoms with van der Waals surface area (Å²) >= 11 is 1.99. The minimum absolute atomic E-state index is 0.517. The predicted molar refractivity (Wildman–Crippen MR) is 61.5 cm³/mol. The van der Waals surface area contributed by atoms with Gasteiger partial charge in [0.25, 0.3) is 0 Å². The Morgan fingerprint density at radius 3 is 2.46 bits per heavy atom. The first-order chi connectivity index (χ1) is 6.26. The number of amidine groups is 1. The van der Waals surface area contributed by atoms with E-state index in [1.807, 2.05) is 11.8 Å². The highest BCUT2D eigenvalue weighted by Crippen LogP contribution is 2.28. The molecular weight excluding hydrogens is 180 g/mol. The van der Waals surface area contributed by atoms with Gasteiger partial charge in [-0.1, -0.05) is 6.92 Å². The van der Waals surface area contributed by atoms with E-state index < -0.39 is 0 Å². The number of rotatable bonds is 3. The Bertz CT molecular complexity index is 172. The smallest absolute Gasteiger partial charge is 0.0937 e. The number of aliphatic imine (C=N–C) groups is 1. The van der Waals surface area contributed by atoms with Crippen molar-refractivity contribution in [2.75, 3.05) is 6.26 Å². The van der Waals surface area contributed by atoms with Gasteiger partial charge in [-0.25, -0.2) is 0 Å². The molecule has 0 aromatic carbocycles. The number of nitrogens with two attached hydrogens (primary N) is 1. The number of hydrogen-bond acceptors (Lipinski definition) is 2. The third-order valence-corrected chi connectivity index (χ3v) is 3.83. The second-order valence-electron chi connectivity index (χ2n) is 3.64. The first kappa shape index (κ1) is 10.9. The highest BCUT2D eigenvalue weighted by molar-refractivity contribution is 7.99. The lowest BCUT2D eigenvalue weighted by Gasteiger charge is -2.24. The fourth-order valence-electron chi connectivity index (χ4n) is 1.74. The van der Waals surface area contributed by atoms with Gasteiger partial charge in [0.1, 0.15) is 0 Å². The van der Waals surface area contributed by atoms with Crippen LogP contribution in [0.25, 0.3) is 0 Å². The zero-order chi connectivity index (χ0) is 9.68. The van der Waals surface area contributed by atoms with Gasteiger partial charge in [-0.3, -0.25) is 4.99 Å². The number of nitrogens with zero attached hydrogens (tertiary/aromatic N) is 1. The van der Waals surface area contributed by atoms with Crippen molar-refractivity contribution < 1.29 is 0 Å². The summed E-state index contributed by atoms with van der Waals surface area (Å²) in [5.41, 5.74) is 5.72. The Balaban J connectivity index is 2.32. The van der Waals surface area contributed by atoms with Crippen molar-refractivity contribution in [3.05, 3.63) is 0 Å². The van der Waals surface area contributed by atoms with Crippen LogP contribution >= 0.6 is 11.8 Å². The summed E-state index contributed by atoms with van der Waals surface area (Å²) < 4.78 is 0. The van der Waals surface area contributed by atoms with Gasteiger partial charge in [0.05, 0.1) is 11.9 Å². The van der Waals surface area contributed by atoms with E-state index in [0.717, 1.165) is 17.5 Å². The van der Waals surface area contributed by atoms with Crippen LogP contribution in [0.3, 0.4) is 0 Å². The summed E-state index contributed by atoms with van der Waals surface area (Å²) in [6.07, 6.45) is 8.17. The van der Waals surface area contributed by atoms with Crippen molar-refractivity contribution in [3.8, 4) is 0 Å². The summed E-state index contributed by atoms with van der Waals surface area (Å²) in [4.78, 5) is 4.51. The maximum Gasteiger partial charge on any atom is 0.0937 e. The molecule has 0 spiro atoms. The molecule has 2 N–H and O–H groups in total. The molecule has 0 aromatic heterocycles. The summed E-state index contributed by atoms with van der Waals surface area (Å²) in [6.45, 7) is 2.06. The average molecular weight is 200 g/mol. The minimum atomic E-state index is 0.517. The highest BCUT2D eigenvalue weighted by atomic mass is 32.2. The van der Waals surface area contributed by atoms with Crippen LogP contribution in [0.15, 0.2) is 4.99 Å². The molecule has 1 aliphatic rings. The van der Waals surface area contributed by atoms with Crippen molar-refractivity contribution in [3.63, 3.8) is 0 Å². The van der Waals surface area contributed by atoms with E-state index in [2.05, 4.69) is 18.2 Å². The zero-order valence-electron chi connectivity index (χ0n) is 8.62. The second kappa shape index (κ2) is 5.53. The molecule has 0 radical (unpaired) electrons. The monoisotopic (exact) mass is 200 g/mol. The first-order valence-corrected chi connectivity index (χ1v) is 6.40. The van der Waals surface area contributed by atoms with Gasteiger partial charge < -0.3 is 5.73 Å². The molecule has 1 rings (SSSR count). The molecule has 0 heterocycles. The molecule has 2 nitrogen and oxygen atoms in total. The van der Waals surface area contributed by atoms with Crippen LogP contribution < -0.4 is 5.73 Å². The summed E-state index contributed by atoms with van der Waals surface area (Å²) in [5.74, 6) is 0.826. The molecule has 3 heteroatoms. The summed E-state index contributed by atoms with van der Waals surface area (Å²) in [6, 6.07) is 0.517. The Hall–Kier alpha value is -0.180. The zero-order valence-corrected chi connectivity index (χ0v) is 9.44. The van der Waals surface area contributed by atoms with Crippen LogP contribution in [0.5, 0.6) is 0 Å². The maximum atomic E-state index is 5.72. The van der Waals surface area contributed by atoms with Gasteiger partial charge in [0.2, 0.25) is 0 Å². The average Bonchev–Trinajstić information content (AvgIpc) is 2.19. The van der Waals surface area contributed by atoms with Crippen molar-refractivity contribution >= 4 is 17.6 Å². The van der Waals surface area contributed by atoms with Gasteiger partial charge in [0.15, 0.2) is 0 Å². The molecule has 0 saturated heterocycles. The van der Waals surface area contributed by atoms with E-state index in [9.17, 15) is 0 Å². The van der Waals surface area contributed by atoms with E-state index in [-0.39, 0.29) is 0 Å². The van der Waals surface area contributed by atoms with Gasteiger partial charge in [-0.2, -0.15) is 11.8 Å². The lowest BCUT2D eigenvalue weighted by atomic mass is 9.95. The molecule has 1 fully saturated rings. The van der Waals surface area contributed by atoms with E-state index in [4.69, 9.17) is 5.73 Å². The second-order valence-corrected chi connectivity index (χ2v) is 4.78. The molecular formula is C10H20N2S. The molecule has 1 aliphatic carbocycles. The van der Waals surface area contributed by atoms with Crippen molar-refractivity contribution in [1.82, 2.24) is 0 Å². The van der Waals surface area contributed by atoms with Crippen LogP contribution in [0.4, 0.5) is 0 Å². The van der Waals surface area contributed by atoms with Gasteiger partial charge in [-0.15, -0.1) is 0 Å². The van der Waals surface area contributed by atoms with E-state index in [1.54, 1.807) is 0 Å². The van der Waals surface area contributed by atoms with Crippen LogP contribution in [-0.2, 0) is 0 Å². The quantitative estimate of drug-likeness (QED) is 0.561. The predicted octanol–water partition coefficient (Wildman–Crippen LogP) is 2.43. The molecule has 0 aromatic rings. The van der Waals surface area contributed by atoms with Gasteiger partial charge >= 0.3 is 0 Å². The Morgan fingerprint density at radius 1 is 1.38 bits per heavy atom. The first-order valence-electron chi connectivity index (χ1n) is 5.11. The van der Waals surface area contributed by atoms with Crippen molar-refractivity contribution in [2.45, 2.75) is 50.3 Å². The Morgan fingerprint density at radius 2 is 2.00 bits per heavy atom. The van der Waals surface area contributed by atoms with E-state index >= 15 is 0 Å². The third kappa shape index (κ3) is 3.59. The van der Waals surface area contributed by atoms with Crippen molar-refractivity contribution in [1.29, 1.82) is 0 Å². The molecule has 1 saturated carbocycles. The molecule has 76 valence electrons. The largest absolute Gasteiger partial charge is 0.387 e. The lowest BCUT2D eigenvalue weighted by Crippen LogP contribution is -2.22. The van der Waals surface area contributed by atoms with Crippen molar-refractivity contribution in [2.24, 2.45) is 10.7 Å². The van der Waals surface area contributed by atoms with Crippen LogP contribution in [-0.4, -0.2) is 23.4 Å². The highest BCUT2D eigenvalue weighted by Gasteiger charge is 2.19. The Labute approximate surface area is 85.4 Å². The number of thioether (sulfide) groups is 1. The molecule has 0 atom stereocenters. The van der Waals surface area contributed by atoms with Crippen LogP contribution in [0.1, 0.15) is 39.0 Å². The molecule has 0 aliphatic heterocycles. The molecule has 13 heavy (non-hydrogen) atoms. The molecule has 0 bridgehead atoms. The fourth-order valence-corrected chi connectivity index (χ4v) is 2.48. The maximum absolute atomic E-state index is 5.72. The molecule has 0 amide bonds. The third-order valence-electron chi connectivity index (χ3n) is 2.69. The normalized spacial score (nSPS) is 30.5.